The van der Waals surface area contributed by atoms with Crippen molar-refractivity contribution in [2.75, 3.05) is 36.5 Å². The first-order valence-corrected chi connectivity index (χ1v) is 8.34. The number of thiazole rings is 1. The summed E-state index contributed by atoms with van der Waals surface area (Å²) in [6.45, 7) is 3.08. The summed E-state index contributed by atoms with van der Waals surface area (Å²) in [5.41, 5.74) is 2.44. The highest BCUT2D eigenvalue weighted by Crippen LogP contribution is 2.27. The Morgan fingerprint density at radius 2 is 2.09 bits per heavy atom. The predicted octanol–water partition coefficient (Wildman–Crippen LogP) is 2.48. The molecule has 6 nitrogen and oxygen atoms in total. The summed E-state index contributed by atoms with van der Waals surface area (Å²) in [7, 11) is 0. The van der Waals surface area contributed by atoms with Gasteiger partial charge in [0.05, 0.1) is 24.6 Å². The molecule has 0 aliphatic carbocycles. The molecule has 0 atom stereocenters. The molecule has 2 aromatic heterocycles. The first kappa shape index (κ1) is 14.2. The lowest BCUT2D eigenvalue weighted by molar-refractivity contribution is 0.102. The van der Waals surface area contributed by atoms with Gasteiger partial charge in [-0.2, -0.15) is 0 Å². The first-order valence-electron chi connectivity index (χ1n) is 7.46. The molecule has 7 heteroatoms. The Kier molecular flexibility index (Phi) is 3.72. The molecule has 0 bridgehead atoms. The summed E-state index contributed by atoms with van der Waals surface area (Å²) in [5.74, 6) is -0.130. The minimum absolute atomic E-state index is 0.130. The minimum atomic E-state index is -0.130. The molecule has 1 aromatic carbocycles. The molecule has 3 heterocycles. The van der Waals surface area contributed by atoms with Crippen molar-refractivity contribution in [3.05, 3.63) is 47.7 Å². The zero-order valence-electron chi connectivity index (χ0n) is 12.4. The molecule has 0 radical (unpaired) electrons. The highest BCUT2D eigenvalue weighted by Gasteiger charge is 2.18. The number of carbonyl (C=O) groups is 1. The predicted molar refractivity (Wildman–Crippen MR) is 90.5 cm³/mol. The van der Waals surface area contributed by atoms with Gasteiger partial charge in [-0.25, -0.2) is 4.98 Å². The molecule has 1 saturated heterocycles. The molecule has 1 aliphatic heterocycles. The maximum atomic E-state index is 12.6. The molecule has 1 N–H and O–H groups in total. The van der Waals surface area contributed by atoms with Crippen LogP contribution in [-0.2, 0) is 4.74 Å². The molecular formula is C16H16N4O2S. The van der Waals surface area contributed by atoms with E-state index in [1.54, 1.807) is 16.8 Å². The number of carbonyl (C=O) groups excluding carboxylic acids is 1. The molecule has 1 aliphatic rings. The van der Waals surface area contributed by atoms with E-state index in [0.717, 1.165) is 29.4 Å². The zero-order valence-corrected chi connectivity index (χ0v) is 13.3. The van der Waals surface area contributed by atoms with Crippen LogP contribution < -0.4 is 10.2 Å². The molecular weight excluding hydrogens is 312 g/mol. The molecule has 1 amide bonds. The van der Waals surface area contributed by atoms with Gasteiger partial charge in [0, 0.05) is 30.9 Å². The highest BCUT2D eigenvalue weighted by molar-refractivity contribution is 7.15. The summed E-state index contributed by atoms with van der Waals surface area (Å²) >= 11 is 1.46. The Labute approximate surface area is 137 Å². The van der Waals surface area contributed by atoms with Crippen LogP contribution in [0.25, 0.3) is 4.96 Å². The van der Waals surface area contributed by atoms with Crippen molar-refractivity contribution in [3.8, 4) is 0 Å². The fourth-order valence-corrected chi connectivity index (χ4v) is 3.57. The standard InChI is InChI=1S/C16H16N4O2S/c21-15(14-11-23-16-17-5-6-20(14)16)18-12-3-1-2-4-13(12)19-7-9-22-10-8-19/h1-6,11H,7-10H2,(H,18,21). The Morgan fingerprint density at radius 3 is 2.96 bits per heavy atom. The number of hydrogen-bond donors (Lipinski definition) is 1. The van der Waals surface area contributed by atoms with Gasteiger partial charge in [0.2, 0.25) is 0 Å². The van der Waals surface area contributed by atoms with Crippen molar-refractivity contribution in [1.82, 2.24) is 9.38 Å². The van der Waals surface area contributed by atoms with E-state index in [4.69, 9.17) is 4.74 Å². The average Bonchev–Trinajstić information content (AvgIpc) is 3.19. The van der Waals surface area contributed by atoms with Gasteiger partial charge in [-0.3, -0.25) is 9.20 Å². The zero-order chi connectivity index (χ0) is 15.6. The second-order valence-electron chi connectivity index (χ2n) is 5.27. The number of anilines is 2. The number of para-hydroxylation sites is 2. The topological polar surface area (TPSA) is 58.9 Å². The van der Waals surface area contributed by atoms with Gasteiger partial charge in [0.15, 0.2) is 4.96 Å². The Bertz CT molecular complexity index is 835. The summed E-state index contributed by atoms with van der Waals surface area (Å²) in [5, 5.41) is 4.86. The quantitative estimate of drug-likeness (QED) is 0.802. The van der Waals surface area contributed by atoms with E-state index < -0.39 is 0 Å². The van der Waals surface area contributed by atoms with Crippen LogP contribution in [0.3, 0.4) is 0 Å². The molecule has 1 fully saturated rings. The summed E-state index contributed by atoms with van der Waals surface area (Å²) < 4.78 is 7.21. The number of ether oxygens (including phenoxy) is 1. The minimum Gasteiger partial charge on any atom is -0.378 e. The van der Waals surface area contributed by atoms with Crippen LogP contribution in [-0.4, -0.2) is 41.6 Å². The van der Waals surface area contributed by atoms with Crippen molar-refractivity contribution >= 4 is 33.6 Å². The maximum Gasteiger partial charge on any atom is 0.273 e. The molecule has 118 valence electrons. The Balaban J connectivity index is 1.61. The van der Waals surface area contributed by atoms with Crippen molar-refractivity contribution in [2.45, 2.75) is 0 Å². The molecule has 4 rings (SSSR count). The normalized spacial score (nSPS) is 15.0. The third-order valence-electron chi connectivity index (χ3n) is 3.88. The summed E-state index contributed by atoms with van der Waals surface area (Å²) in [6, 6.07) is 7.88. The van der Waals surface area contributed by atoms with E-state index in [0.29, 0.717) is 18.9 Å². The number of nitrogens with one attached hydrogen (secondary N) is 1. The van der Waals surface area contributed by atoms with E-state index in [-0.39, 0.29) is 5.91 Å². The fourth-order valence-electron chi connectivity index (χ4n) is 2.73. The van der Waals surface area contributed by atoms with E-state index in [1.807, 2.05) is 29.6 Å². The number of aromatic nitrogens is 2. The number of hydrogen-bond acceptors (Lipinski definition) is 5. The third kappa shape index (κ3) is 2.69. The summed E-state index contributed by atoms with van der Waals surface area (Å²) in [4.78, 5) is 19.9. The number of morpholine rings is 1. The van der Waals surface area contributed by atoms with Crippen LogP contribution in [0.1, 0.15) is 10.5 Å². The molecule has 23 heavy (non-hydrogen) atoms. The smallest absolute Gasteiger partial charge is 0.273 e. The van der Waals surface area contributed by atoms with Crippen LogP contribution in [0, 0.1) is 0 Å². The lowest BCUT2D eigenvalue weighted by Crippen LogP contribution is -2.36. The summed E-state index contributed by atoms with van der Waals surface area (Å²) in [6.07, 6.45) is 3.50. The number of imidazole rings is 1. The molecule has 3 aromatic rings. The van der Waals surface area contributed by atoms with Gasteiger partial charge in [-0.1, -0.05) is 12.1 Å². The fraction of sp³-hybridized carbons (Fsp3) is 0.250. The van der Waals surface area contributed by atoms with Gasteiger partial charge in [-0.15, -0.1) is 11.3 Å². The van der Waals surface area contributed by atoms with Crippen molar-refractivity contribution in [2.24, 2.45) is 0 Å². The van der Waals surface area contributed by atoms with E-state index in [1.165, 1.54) is 11.3 Å². The van der Waals surface area contributed by atoms with E-state index >= 15 is 0 Å². The molecule has 0 spiro atoms. The van der Waals surface area contributed by atoms with Crippen LogP contribution in [0.4, 0.5) is 11.4 Å². The maximum absolute atomic E-state index is 12.6. The first-order chi connectivity index (χ1) is 11.3. The lowest BCUT2D eigenvalue weighted by atomic mass is 10.2. The number of amides is 1. The number of nitrogens with zero attached hydrogens (tertiary/aromatic N) is 3. The average molecular weight is 328 g/mol. The van der Waals surface area contributed by atoms with Crippen molar-refractivity contribution < 1.29 is 9.53 Å². The molecule has 0 saturated carbocycles. The van der Waals surface area contributed by atoms with Crippen LogP contribution in [0.5, 0.6) is 0 Å². The van der Waals surface area contributed by atoms with Crippen LogP contribution in [0.2, 0.25) is 0 Å². The number of rotatable bonds is 3. The van der Waals surface area contributed by atoms with E-state index in [9.17, 15) is 4.79 Å². The van der Waals surface area contributed by atoms with Gasteiger partial charge < -0.3 is 15.0 Å². The monoisotopic (exact) mass is 328 g/mol. The second kappa shape index (κ2) is 6.02. The van der Waals surface area contributed by atoms with E-state index in [2.05, 4.69) is 15.2 Å². The van der Waals surface area contributed by atoms with Gasteiger partial charge in [0.1, 0.15) is 5.69 Å². The Morgan fingerprint density at radius 1 is 1.26 bits per heavy atom. The van der Waals surface area contributed by atoms with Crippen molar-refractivity contribution in [3.63, 3.8) is 0 Å². The lowest BCUT2D eigenvalue weighted by Gasteiger charge is -2.30. The largest absolute Gasteiger partial charge is 0.378 e. The third-order valence-corrected chi connectivity index (χ3v) is 4.73. The number of benzene rings is 1. The number of fused-ring (bicyclic) bond motifs is 1. The van der Waals surface area contributed by atoms with Gasteiger partial charge >= 0.3 is 0 Å². The second-order valence-corrected chi connectivity index (χ2v) is 6.11. The Hall–Kier alpha value is -2.38. The van der Waals surface area contributed by atoms with Crippen molar-refractivity contribution in [1.29, 1.82) is 0 Å². The SMILES string of the molecule is O=C(Nc1ccccc1N1CCOCC1)c1csc2nccn12. The van der Waals surface area contributed by atoms with Gasteiger partial charge in [-0.05, 0) is 12.1 Å². The molecule has 0 unspecified atom stereocenters. The highest BCUT2D eigenvalue weighted by atomic mass is 32.1. The van der Waals surface area contributed by atoms with Crippen LogP contribution >= 0.6 is 11.3 Å². The van der Waals surface area contributed by atoms with Crippen LogP contribution in [0.15, 0.2) is 42.0 Å². The van der Waals surface area contributed by atoms with Gasteiger partial charge in [0.25, 0.3) is 5.91 Å².